The van der Waals surface area contributed by atoms with Crippen molar-refractivity contribution in [1.82, 2.24) is 4.98 Å². The molecule has 1 fully saturated rings. The number of rotatable bonds is 2. The number of nitrogens with zero attached hydrogens (tertiary/aromatic N) is 1. The predicted molar refractivity (Wildman–Crippen MR) is 59.1 cm³/mol. The summed E-state index contributed by atoms with van der Waals surface area (Å²) in [5, 5.41) is 9.80. The van der Waals surface area contributed by atoms with E-state index in [4.69, 9.17) is 21.1 Å². The van der Waals surface area contributed by atoms with Gasteiger partial charge in [0.15, 0.2) is 16.8 Å². The molecule has 0 bridgehead atoms. The first kappa shape index (κ1) is 12.7. The van der Waals surface area contributed by atoms with Gasteiger partial charge in [-0.2, -0.15) is 0 Å². The van der Waals surface area contributed by atoms with E-state index in [0.717, 1.165) is 6.07 Å². The first-order valence-corrected chi connectivity index (χ1v) is 5.57. The van der Waals surface area contributed by atoms with Crippen molar-refractivity contribution in [3.63, 3.8) is 0 Å². The van der Waals surface area contributed by atoms with Gasteiger partial charge >= 0.3 is 0 Å². The summed E-state index contributed by atoms with van der Waals surface area (Å²) in [6.45, 7) is 3.75. The molecular weight excluding hydrogens is 249 g/mol. The first-order valence-electron chi connectivity index (χ1n) is 5.20. The highest BCUT2D eigenvalue weighted by Crippen LogP contribution is 2.31. The molecule has 1 aromatic rings. The van der Waals surface area contributed by atoms with Crippen LogP contribution in [0.15, 0.2) is 12.3 Å². The van der Waals surface area contributed by atoms with Gasteiger partial charge in [0.1, 0.15) is 12.2 Å². The van der Waals surface area contributed by atoms with Crippen LogP contribution in [0.25, 0.3) is 0 Å². The lowest BCUT2D eigenvalue weighted by molar-refractivity contribution is -0.151. The first-order chi connectivity index (χ1) is 7.89. The maximum absolute atomic E-state index is 13.2. The van der Waals surface area contributed by atoms with Crippen LogP contribution in [0.4, 0.5) is 4.39 Å². The molecule has 0 aliphatic carbocycles. The number of hydrogen-bond acceptors (Lipinski definition) is 4. The smallest absolute Gasteiger partial charge is 0.164 e. The fraction of sp³-hybridized carbons (Fsp3) is 0.545. The van der Waals surface area contributed by atoms with Gasteiger partial charge in [-0.1, -0.05) is 11.6 Å². The second-order valence-electron chi connectivity index (χ2n) is 4.35. The summed E-state index contributed by atoms with van der Waals surface area (Å²) >= 11 is 5.47. The van der Waals surface area contributed by atoms with E-state index in [1.54, 1.807) is 13.8 Å². The Hall–Kier alpha value is -0.750. The highest BCUT2D eigenvalue weighted by molar-refractivity contribution is 6.29. The van der Waals surface area contributed by atoms with Crippen molar-refractivity contribution in [2.24, 2.45) is 0 Å². The molecule has 17 heavy (non-hydrogen) atoms. The molecule has 1 unspecified atom stereocenters. The van der Waals surface area contributed by atoms with E-state index in [-0.39, 0.29) is 11.8 Å². The Kier molecular flexibility index (Phi) is 3.36. The van der Waals surface area contributed by atoms with E-state index in [9.17, 15) is 9.50 Å². The van der Waals surface area contributed by atoms with Crippen molar-refractivity contribution in [3.05, 3.63) is 28.8 Å². The predicted octanol–water partition coefficient (Wildman–Crippen LogP) is 2.06. The van der Waals surface area contributed by atoms with Crippen LogP contribution in [-0.2, 0) is 9.47 Å². The fourth-order valence-electron chi connectivity index (χ4n) is 1.68. The van der Waals surface area contributed by atoms with Crippen molar-refractivity contribution < 1.29 is 19.0 Å². The van der Waals surface area contributed by atoms with Gasteiger partial charge in [-0.25, -0.2) is 9.37 Å². The molecule has 1 aromatic heterocycles. The quantitative estimate of drug-likeness (QED) is 0.828. The van der Waals surface area contributed by atoms with E-state index in [0.29, 0.717) is 5.56 Å². The number of aliphatic hydroxyl groups is 1. The van der Waals surface area contributed by atoms with Gasteiger partial charge in [0.2, 0.25) is 0 Å². The lowest BCUT2D eigenvalue weighted by Crippen LogP contribution is -2.25. The van der Waals surface area contributed by atoms with Crippen LogP contribution in [0.5, 0.6) is 0 Å². The SMILES string of the molecule is CC1(C)OCC([C@@H](O)c2cnc(Cl)c(F)c2)O1. The summed E-state index contributed by atoms with van der Waals surface area (Å²) in [6.07, 6.45) is -0.200. The maximum Gasteiger partial charge on any atom is 0.164 e. The Labute approximate surface area is 103 Å². The molecule has 0 aromatic carbocycles. The Morgan fingerprint density at radius 2 is 2.35 bits per heavy atom. The molecule has 0 spiro atoms. The monoisotopic (exact) mass is 261 g/mol. The van der Waals surface area contributed by atoms with Gasteiger partial charge in [0, 0.05) is 11.8 Å². The van der Waals surface area contributed by atoms with Crippen molar-refractivity contribution in [2.45, 2.75) is 31.8 Å². The van der Waals surface area contributed by atoms with Crippen molar-refractivity contribution in [1.29, 1.82) is 0 Å². The highest BCUT2D eigenvalue weighted by Gasteiger charge is 2.37. The molecule has 1 aliphatic rings. The molecular formula is C11H13ClFNO3. The lowest BCUT2D eigenvalue weighted by atomic mass is 10.1. The zero-order valence-electron chi connectivity index (χ0n) is 9.48. The average molecular weight is 262 g/mol. The second kappa shape index (κ2) is 4.49. The number of aliphatic hydroxyl groups excluding tert-OH is 1. The van der Waals surface area contributed by atoms with Crippen molar-refractivity contribution in [2.75, 3.05) is 6.61 Å². The standard InChI is InChI=1S/C11H13ClFNO3/c1-11(2)16-5-8(17-11)9(15)6-3-7(13)10(12)14-4-6/h3-4,8-9,15H,5H2,1-2H3/t8?,9-/m0/s1. The Balaban J connectivity index is 2.15. The summed E-state index contributed by atoms with van der Waals surface area (Å²) in [5.74, 6) is -1.40. The minimum Gasteiger partial charge on any atom is -0.386 e. The summed E-state index contributed by atoms with van der Waals surface area (Å²) in [4.78, 5) is 3.64. The minimum atomic E-state index is -0.990. The Morgan fingerprint density at radius 1 is 1.65 bits per heavy atom. The highest BCUT2D eigenvalue weighted by atomic mass is 35.5. The van der Waals surface area contributed by atoms with Crippen LogP contribution in [0, 0.1) is 5.82 Å². The number of halogens is 2. The van der Waals surface area contributed by atoms with Gasteiger partial charge in [-0.15, -0.1) is 0 Å². The van der Waals surface area contributed by atoms with Gasteiger partial charge in [0.05, 0.1) is 6.61 Å². The second-order valence-corrected chi connectivity index (χ2v) is 4.71. The number of pyridine rings is 1. The third-order valence-corrected chi connectivity index (χ3v) is 2.82. The summed E-state index contributed by atoms with van der Waals surface area (Å²) in [7, 11) is 0. The summed E-state index contributed by atoms with van der Waals surface area (Å²) < 4.78 is 24.0. The molecule has 6 heteroatoms. The average Bonchev–Trinajstić information content (AvgIpc) is 2.62. The van der Waals surface area contributed by atoms with Crippen LogP contribution in [0.1, 0.15) is 25.5 Å². The molecule has 2 rings (SSSR count). The molecule has 1 aliphatic heterocycles. The molecule has 0 saturated carbocycles. The minimum absolute atomic E-state index is 0.218. The number of hydrogen-bond donors (Lipinski definition) is 1. The third kappa shape index (κ3) is 2.74. The van der Waals surface area contributed by atoms with Crippen LogP contribution >= 0.6 is 11.6 Å². The topological polar surface area (TPSA) is 51.6 Å². The van der Waals surface area contributed by atoms with Crippen LogP contribution in [-0.4, -0.2) is 28.6 Å². The molecule has 2 heterocycles. The zero-order valence-corrected chi connectivity index (χ0v) is 10.2. The Bertz CT molecular complexity index is 427. The molecule has 2 atom stereocenters. The molecule has 4 nitrogen and oxygen atoms in total. The van der Waals surface area contributed by atoms with E-state index >= 15 is 0 Å². The molecule has 0 radical (unpaired) electrons. The van der Waals surface area contributed by atoms with Crippen molar-refractivity contribution >= 4 is 11.6 Å². The molecule has 0 amide bonds. The van der Waals surface area contributed by atoms with Gasteiger partial charge in [0.25, 0.3) is 0 Å². The maximum atomic E-state index is 13.2. The van der Waals surface area contributed by atoms with Gasteiger partial charge in [-0.3, -0.25) is 0 Å². The Morgan fingerprint density at radius 3 is 2.88 bits per heavy atom. The van der Waals surface area contributed by atoms with Crippen LogP contribution in [0.3, 0.4) is 0 Å². The number of ether oxygens (including phenoxy) is 2. The fourth-order valence-corrected chi connectivity index (χ4v) is 1.79. The lowest BCUT2D eigenvalue weighted by Gasteiger charge is -2.20. The number of aromatic nitrogens is 1. The third-order valence-electron chi connectivity index (χ3n) is 2.54. The normalized spacial score (nSPS) is 24.9. The van der Waals surface area contributed by atoms with E-state index in [2.05, 4.69) is 4.98 Å². The summed E-state index contributed by atoms with van der Waals surface area (Å²) in [5.41, 5.74) is 0.318. The van der Waals surface area contributed by atoms with Crippen LogP contribution in [0.2, 0.25) is 5.15 Å². The van der Waals surface area contributed by atoms with E-state index < -0.39 is 23.8 Å². The van der Waals surface area contributed by atoms with Crippen LogP contribution < -0.4 is 0 Å². The van der Waals surface area contributed by atoms with E-state index in [1.165, 1.54) is 6.20 Å². The van der Waals surface area contributed by atoms with E-state index in [1.807, 2.05) is 0 Å². The largest absolute Gasteiger partial charge is 0.386 e. The van der Waals surface area contributed by atoms with Gasteiger partial charge in [-0.05, 0) is 19.9 Å². The zero-order chi connectivity index (χ0) is 12.6. The summed E-state index contributed by atoms with van der Waals surface area (Å²) in [6, 6.07) is 1.15. The van der Waals surface area contributed by atoms with Crippen molar-refractivity contribution in [3.8, 4) is 0 Å². The van der Waals surface area contributed by atoms with Gasteiger partial charge < -0.3 is 14.6 Å². The molecule has 94 valence electrons. The molecule has 1 N–H and O–H groups in total. The molecule has 1 saturated heterocycles.